The lowest BCUT2D eigenvalue weighted by molar-refractivity contribution is 0.0461. The second-order valence-electron chi connectivity index (χ2n) is 6.59. The van der Waals surface area contributed by atoms with E-state index in [1.165, 1.54) is 33.6 Å². The first kappa shape index (κ1) is 20.2. The topological polar surface area (TPSA) is 86.5 Å². The predicted octanol–water partition coefficient (Wildman–Crippen LogP) is 3.91. The third-order valence-corrected chi connectivity index (χ3v) is 5.97. The van der Waals surface area contributed by atoms with Gasteiger partial charge in [-0.25, -0.2) is 19.7 Å². The minimum Gasteiger partial charge on any atom is -0.455 e. The molecule has 0 aromatic carbocycles. The van der Waals surface area contributed by atoms with Gasteiger partial charge in [-0.05, 0) is 49.2 Å². The number of hydrogen-bond acceptors (Lipinski definition) is 8. The molecular formula is C21H18N4O3S2. The molecule has 0 aliphatic heterocycles. The molecule has 30 heavy (non-hydrogen) atoms. The fourth-order valence-corrected chi connectivity index (χ4v) is 4.26. The second kappa shape index (κ2) is 8.37. The van der Waals surface area contributed by atoms with Crippen LogP contribution in [-0.4, -0.2) is 31.6 Å². The van der Waals surface area contributed by atoms with Gasteiger partial charge >= 0.3 is 5.97 Å². The Kier molecular flexibility index (Phi) is 5.65. The van der Waals surface area contributed by atoms with Gasteiger partial charge in [0.05, 0.1) is 16.3 Å². The van der Waals surface area contributed by atoms with Crippen LogP contribution < -0.4 is 5.56 Å². The number of aryl methyl sites for hydroxylation is 2. The number of pyridine rings is 1. The summed E-state index contributed by atoms with van der Waals surface area (Å²) in [7, 11) is 0. The molecule has 0 bridgehead atoms. The Bertz CT molecular complexity index is 1300. The zero-order valence-electron chi connectivity index (χ0n) is 16.6. The molecule has 0 amide bonds. The number of ether oxygens (including phenoxy) is 1. The van der Waals surface area contributed by atoms with Crippen LogP contribution in [0.1, 0.15) is 27.3 Å². The highest BCUT2D eigenvalue weighted by molar-refractivity contribution is 7.98. The molecule has 0 saturated heterocycles. The highest BCUT2D eigenvalue weighted by Crippen LogP contribution is 2.27. The average molecular weight is 439 g/mol. The van der Waals surface area contributed by atoms with Crippen LogP contribution in [0.4, 0.5) is 0 Å². The van der Waals surface area contributed by atoms with Crippen LogP contribution in [-0.2, 0) is 11.3 Å². The fourth-order valence-electron chi connectivity index (χ4n) is 2.98. The number of nitrogens with zero attached hydrogens (tertiary/aromatic N) is 4. The van der Waals surface area contributed by atoms with Gasteiger partial charge in [-0.1, -0.05) is 6.07 Å². The summed E-state index contributed by atoms with van der Waals surface area (Å²) in [6.07, 6.45) is 3.53. The summed E-state index contributed by atoms with van der Waals surface area (Å²) in [4.78, 5) is 39.5. The van der Waals surface area contributed by atoms with Crippen LogP contribution in [0.15, 0.2) is 51.7 Å². The summed E-state index contributed by atoms with van der Waals surface area (Å²) in [6, 6.07) is 8.88. The monoisotopic (exact) mass is 438 g/mol. The summed E-state index contributed by atoms with van der Waals surface area (Å²) < 4.78 is 6.91. The highest BCUT2D eigenvalue weighted by Gasteiger charge is 2.21. The average Bonchev–Trinajstić information content (AvgIpc) is 3.26. The molecule has 4 rings (SSSR count). The highest BCUT2D eigenvalue weighted by atomic mass is 32.2. The van der Waals surface area contributed by atoms with E-state index < -0.39 is 5.97 Å². The fraction of sp³-hybridized carbons (Fsp3) is 0.190. The molecule has 0 N–H and O–H groups in total. The second-order valence-corrected chi connectivity index (χ2v) is 8.33. The van der Waals surface area contributed by atoms with E-state index in [9.17, 15) is 9.59 Å². The number of aromatic nitrogens is 4. The van der Waals surface area contributed by atoms with Gasteiger partial charge in [0.1, 0.15) is 22.8 Å². The Labute approximate surface area is 180 Å². The number of carbonyl (C=O) groups is 1. The van der Waals surface area contributed by atoms with Gasteiger partial charge in [0.15, 0.2) is 5.82 Å². The van der Waals surface area contributed by atoms with Gasteiger partial charge in [-0.3, -0.25) is 9.20 Å². The van der Waals surface area contributed by atoms with Crippen molar-refractivity contribution in [3.63, 3.8) is 0 Å². The third kappa shape index (κ3) is 3.99. The van der Waals surface area contributed by atoms with Gasteiger partial charge in [0.25, 0.3) is 5.56 Å². The summed E-state index contributed by atoms with van der Waals surface area (Å²) in [5.41, 5.74) is 2.53. The van der Waals surface area contributed by atoms with Crippen molar-refractivity contribution >= 4 is 34.7 Å². The molecule has 0 radical (unpaired) electrons. The summed E-state index contributed by atoms with van der Waals surface area (Å²) >= 11 is 2.90. The maximum Gasteiger partial charge on any atom is 0.343 e. The summed E-state index contributed by atoms with van der Waals surface area (Å²) in [5, 5.41) is 2.51. The van der Waals surface area contributed by atoms with Crippen molar-refractivity contribution in [2.75, 3.05) is 6.26 Å². The number of thiophene rings is 1. The summed E-state index contributed by atoms with van der Waals surface area (Å²) in [6.45, 7) is 3.57. The van der Waals surface area contributed by atoms with Crippen molar-refractivity contribution in [2.24, 2.45) is 0 Å². The van der Waals surface area contributed by atoms with Crippen molar-refractivity contribution in [1.82, 2.24) is 19.4 Å². The first-order chi connectivity index (χ1) is 14.5. The Morgan fingerprint density at radius 1 is 1.20 bits per heavy atom. The zero-order valence-corrected chi connectivity index (χ0v) is 18.2. The SMILES string of the molecule is CSc1nc(-c2cccs2)nc(C)c1C(=O)OCc1cc(=O)n2ccc(C)cc2n1. The lowest BCUT2D eigenvalue weighted by Gasteiger charge is -2.11. The normalized spacial score (nSPS) is 11.0. The van der Waals surface area contributed by atoms with E-state index in [2.05, 4.69) is 15.0 Å². The van der Waals surface area contributed by atoms with Crippen LogP contribution in [0.5, 0.6) is 0 Å². The largest absolute Gasteiger partial charge is 0.455 e. The molecule has 0 fully saturated rings. The van der Waals surface area contributed by atoms with E-state index in [1.807, 2.05) is 36.8 Å². The van der Waals surface area contributed by atoms with Crippen LogP contribution in [0.25, 0.3) is 16.3 Å². The number of thioether (sulfide) groups is 1. The molecule has 0 unspecified atom stereocenters. The molecule has 152 valence electrons. The Hall–Kier alpha value is -3.04. The number of esters is 1. The molecule has 0 atom stereocenters. The quantitative estimate of drug-likeness (QED) is 0.265. The third-order valence-electron chi connectivity index (χ3n) is 4.42. The van der Waals surface area contributed by atoms with Gasteiger partial charge in [-0.2, -0.15) is 0 Å². The number of carbonyl (C=O) groups excluding carboxylic acids is 1. The number of hydrogen-bond donors (Lipinski definition) is 0. The van der Waals surface area contributed by atoms with Gasteiger partial charge in [0.2, 0.25) is 0 Å². The molecular weight excluding hydrogens is 420 g/mol. The smallest absolute Gasteiger partial charge is 0.343 e. The minimum absolute atomic E-state index is 0.113. The Balaban J connectivity index is 1.60. The van der Waals surface area contributed by atoms with Crippen molar-refractivity contribution in [1.29, 1.82) is 0 Å². The number of rotatable bonds is 5. The molecule has 0 aliphatic rings. The van der Waals surface area contributed by atoms with Crippen LogP contribution in [0.3, 0.4) is 0 Å². The van der Waals surface area contributed by atoms with E-state index in [0.29, 0.717) is 33.4 Å². The van der Waals surface area contributed by atoms with Crippen molar-refractivity contribution in [2.45, 2.75) is 25.5 Å². The van der Waals surface area contributed by atoms with Crippen molar-refractivity contribution < 1.29 is 9.53 Å². The molecule has 4 aromatic rings. The van der Waals surface area contributed by atoms with Crippen molar-refractivity contribution in [3.8, 4) is 10.7 Å². The zero-order chi connectivity index (χ0) is 21.3. The Morgan fingerprint density at radius 3 is 2.77 bits per heavy atom. The van der Waals surface area contributed by atoms with Gasteiger partial charge in [0, 0.05) is 12.3 Å². The lowest BCUT2D eigenvalue weighted by Crippen LogP contribution is -2.17. The van der Waals surface area contributed by atoms with Gasteiger partial charge in [-0.15, -0.1) is 23.1 Å². The maximum absolute atomic E-state index is 12.8. The standard InChI is InChI=1S/C21H18N4O3S2/c1-12-6-7-25-16(9-12)23-14(10-17(25)26)11-28-21(27)18-13(2)22-19(24-20(18)29-3)15-5-4-8-30-15/h4-10H,11H2,1-3H3. The van der Waals surface area contributed by atoms with Crippen molar-refractivity contribution in [3.05, 3.63) is 74.8 Å². The Morgan fingerprint density at radius 2 is 2.03 bits per heavy atom. The molecule has 4 heterocycles. The molecule has 7 nitrogen and oxygen atoms in total. The van der Waals surface area contributed by atoms with Crippen LogP contribution >= 0.6 is 23.1 Å². The van der Waals surface area contributed by atoms with Crippen LogP contribution in [0.2, 0.25) is 0 Å². The predicted molar refractivity (Wildman–Crippen MR) is 117 cm³/mol. The number of fused-ring (bicyclic) bond motifs is 1. The van der Waals surface area contributed by atoms with Crippen LogP contribution in [0, 0.1) is 13.8 Å². The lowest BCUT2D eigenvalue weighted by atomic mass is 10.2. The first-order valence-electron chi connectivity index (χ1n) is 9.09. The molecule has 0 saturated carbocycles. The van der Waals surface area contributed by atoms with E-state index in [1.54, 1.807) is 19.2 Å². The molecule has 9 heteroatoms. The van der Waals surface area contributed by atoms with E-state index >= 15 is 0 Å². The van der Waals surface area contributed by atoms with Gasteiger partial charge < -0.3 is 4.74 Å². The van der Waals surface area contributed by atoms with E-state index in [4.69, 9.17) is 4.74 Å². The summed E-state index contributed by atoms with van der Waals surface area (Å²) in [5.74, 6) is 0.0452. The van der Waals surface area contributed by atoms with E-state index in [0.717, 1.165) is 10.4 Å². The maximum atomic E-state index is 12.8. The van der Waals surface area contributed by atoms with E-state index in [-0.39, 0.29) is 12.2 Å². The molecule has 0 spiro atoms. The first-order valence-corrected chi connectivity index (χ1v) is 11.2. The molecule has 4 aromatic heterocycles. The minimum atomic E-state index is -0.541. The molecule has 0 aliphatic carbocycles.